The van der Waals surface area contributed by atoms with Gasteiger partial charge in [-0.1, -0.05) is 12.1 Å². The van der Waals surface area contributed by atoms with Gasteiger partial charge in [0, 0.05) is 19.0 Å². The van der Waals surface area contributed by atoms with Crippen LogP contribution in [0.1, 0.15) is 5.82 Å². The van der Waals surface area contributed by atoms with Gasteiger partial charge < -0.3 is 9.67 Å². The minimum absolute atomic E-state index is 0.0416. The monoisotopic (exact) mass is 298 g/mol. The standard InChI is InChI=1S/C12H12BrFN2O/c1-16-10(5-6-17)15-11(12(16)13)8-3-2-4-9(14)7-8/h2-4,7,17H,5-6H2,1H3. The Kier molecular flexibility index (Phi) is 3.59. The first-order valence-electron chi connectivity index (χ1n) is 5.21. The summed E-state index contributed by atoms with van der Waals surface area (Å²) < 4.78 is 15.8. The average molecular weight is 299 g/mol. The van der Waals surface area contributed by atoms with Crippen LogP contribution in [0.2, 0.25) is 0 Å². The van der Waals surface area contributed by atoms with Crippen molar-refractivity contribution in [3.63, 3.8) is 0 Å². The summed E-state index contributed by atoms with van der Waals surface area (Å²) in [4.78, 5) is 4.40. The Hall–Kier alpha value is -1.20. The molecule has 2 aromatic rings. The van der Waals surface area contributed by atoms with E-state index in [0.717, 1.165) is 16.0 Å². The van der Waals surface area contributed by atoms with Crippen LogP contribution in [-0.4, -0.2) is 21.3 Å². The lowest BCUT2D eigenvalue weighted by Crippen LogP contribution is -2.00. The third kappa shape index (κ3) is 2.40. The Balaban J connectivity index is 2.49. The molecule has 0 saturated heterocycles. The van der Waals surface area contributed by atoms with Gasteiger partial charge in [0.15, 0.2) is 0 Å². The molecule has 90 valence electrons. The molecule has 0 fully saturated rings. The van der Waals surface area contributed by atoms with Gasteiger partial charge in [0.05, 0.1) is 6.61 Å². The number of imidazole rings is 1. The van der Waals surface area contributed by atoms with Gasteiger partial charge in [0.25, 0.3) is 0 Å². The zero-order chi connectivity index (χ0) is 12.4. The fraction of sp³-hybridized carbons (Fsp3) is 0.250. The molecule has 17 heavy (non-hydrogen) atoms. The third-order valence-electron chi connectivity index (χ3n) is 2.55. The highest BCUT2D eigenvalue weighted by atomic mass is 79.9. The Morgan fingerprint density at radius 3 is 2.88 bits per heavy atom. The van der Waals surface area contributed by atoms with Crippen molar-refractivity contribution >= 4 is 15.9 Å². The second kappa shape index (κ2) is 4.98. The van der Waals surface area contributed by atoms with Crippen LogP contribution in [0.25, 0.3) is 11.3 Å². The van der Waals surface area contributed by atoms with Crippen LogP contribution in [0.15, 0.2) is 28.9 Å². The number of hydrogen-bond acceptors (Lipinski definition) is 2. The Morgan fingerprint density at radius 1 is 1.47 bits per heavy atom. The summed E-state index contributed by atoms with van der Waals surface area (Å²) in [6.07, 6.45) is 0.477. The maximum Gasteiger partial charge on any atom is 0.123 e. The van der Waals surface area contributed by atoms with E-state index in [0.29, 0.717) is 12.1 Å². The number of benzene rings is 1. The van der Waals surface area contributed by atoms with Crippen LogP contribution < -0.4 is 0 Å². The van der Waals surface area contributed by atoms with Crippen molar-refractivity contribution in [1.29, 1.82) is 0 Å². The number of hydrogen-bond donors (Lipinski definition) is 1. The molecule has 3 nitrogen and oxygen atoms in total. The van der Waals surface area contributed by atoms with Crippen molar-refractivity contribution in [2.24, 2.45) is 7.05 Å². The number of aliphatic hydroxyl groups excluding tert-OH is 1. The van der Waals surface area contributed by atoms with Crippen molar-refractivity contribution in [1.82, 2.24) is 9.55 Å². The molecule has 0 saturated carbocycles. The van der Waals surface area contributed by atoms with Gasteiger partial charge in [-0.05, 0) is 28.1 Å². The Bertz CT molecular complexity index is 539. The van der Waals surface area contributed by atoms with Gasteiger partial charge in [-0.3, -0.25) is 0 Å². The molecule has 5 heteroatoms. The molecule has 1 aromatic carbocycles. The van der Waals surface area contributed by atoms with Gasteiger partial charge in [-0.15, -0.1) is 0 Å². The summed E-state index contributed by atoms with van der Waals surface area (Å²) in [5, 5.41) is 8.93. The molecule has 0 aliphatic carbocycles. The minimum atomic E-state index is -0.288. The van der Waals surface area contributed by atoms with Crippen molar-refractivity contribution in [3.05, 3.63) is 40.5 Å². The first kappa shape index (κ1) is 12.3. The van der Waals surface area contributed by atoms with Crippen molar-refractivity contribution in [2.45, 2.75) is 6.42 Å². The summed E-state index contributed by atoms with van der Waals surface area (Å²) in [5.74, 6) is 0.474. The molecule has 0 atom stereocenters. The zero-order valence-electron chi connectivity index (χ0n) is 9.32. The molecule has 0 spiro atoms. The molecular weight excluding hydrogens is 287 g/mol. The van der Waals surface area contributed by atoms with Crippen LogP contribution in [0.4, 0.5) is 4.39 Å². The zero-order valence-corrected chi connectivity index (χ0v) is 10.9. The van der Waals surface area contributed by atoms with Crippen LogP contribution >= 0.6 is 15.9 Å². The van der Waals surface area contributed by atoms with E-state index in [4.69, 9.17) is 5.11 Å². The molecule has 1 N–H and O–H groups in total. The number of aliphatic hydroxyl groups is 1. The molecule has 0 bridgehead atoms. The van der Waals surface area contributed by atoms with E-state index in [9.17, 15) is 4.39 Å². The molecular formula is C12H12BrFN2O. The smallest absolute Gasteiger partial charge is 0.123 e. The average Bonchev–Trinajstić information content (AvgIpc) is 2.58. The van der Waals surface area contributed by atoms with E-state index >= 15 is 0 Å². The molecule has 0 aliphatic heterocycles. The first-order valence-corrected chi connectivity index (χ1v) is 6.00. The van der Waals surface area contributed by atoms with E-state index < -0.39 is 0 Å². The second-order valence-corrected chi connectivity index (χ2v) is 4.46. The number of halogens is 2. The van der Waals surface area contributed by atoms with Gasteiger partial charge in [0.1, 0.15) is 21.9 Å². The molecule has 1 heterocycles. The summed E-state index contributed by atoms with van der Waals surface area (Å²) in [6, 6.07) is 6.29. The van der Waals surface area contributed by atoms with Gasteiger partial charge in [-0.2, -0.15) is 0 Å². The Morgan fingerprint density at radius 2 is 2.24 bits per heavy atom. The number of nitrogens with zero attached hydrogens (tertiary/aromatic N) is 2. The first-order chi connectivity index (χ1) is 8.13. The summed E-state index contributed by atoms with van der Waals surface area (Å²) in [7, 11) is 1.85. The van der Waals surface area contributed by atoms with E-state index in [1.165, 1.54) is 12.1 Å². The van der Waals surface area contributed by atoms with E-state index in [1.807, 2.05) is 11.6 Å². The molecule has 2 rings (SSSR count). The van der Waals surface area contributed by atoms with Crippen LogP contribution in [0.3, 0.4) is 0 Å². The largest absolute Gasteiger partial charge is 0.396 e. The molecule has 0 aliphatic rings. The van der Waals surface area contributed by atoms with E-state index in [2.05, 4.69) is 20.9 Å². The highest BCUT2D eigenvalue weighted by Crippen LogP contribution is 2.28. The topological polar surface area (TPSA) is 38.0 Å². The van der Waals surface area contributed by atoms with Gasteiger partial charge >= 0.3 is 0 Å². The van der Waals surface area contributed by atoms with Gasteiger partial charge in [-0.25, -0.2) is 9.37 Å². The van der Waals surface area contributed by atoms with Crippen molar-refractivity contribution < 1.29 is 9.50 Å². The maximum atomic E-state index is 13.2. The van der Waals surface area contributed by atoms with E-state index in [-0.39, 0.29) is 12.4 Å². The Labute approximate surface area is 107 Å². The van der Waals surface area contributed by atoms with Crippen LogP contribution in [-0.2, 0) is 13.5 Å². The SMILES string of the molecule is Cn1c(CCO)nc(-c2cccc(F)c2)c1Br. The number of aromatic nitrogens is 2. The summed E-state index contributed by atoms with van der Waals surface area (Å²) in [5.41, 5.74) is 1.41. The number of rotatable bonds is 3. The van der Waals surface area contributed by atoms with Crippen molar-refractivity contribution in [2.75, 3.05) is 6.61 Å². The quantitative estimate of drug-likeness (QED) is 0.945. The van der Waals surface area contributed by atoms with E-state index in [1.54, 1.807) is 12.1 Å². The lowest BCUT2D eigenvalue weighted by atomic mass is 10.2. The summed E-state index contributed by atoms with van der Waals surface area (Å²) in [6.45, 7) is 0.0416. The van der Waals surface area contributed by atoms with Crippen molar-refractivity contribution in [3.8, 4) is 11.3 Å². The third-order valence-corrected chi connectivity index (χ3v) is 3.46. The fourth-order valence-corrected chi connectivity index (χ4v) is 2.19. The normalized spacial score (nSPS) is 10.8. The minimum Gasteiger partial charge on any atom is -0.396 e. The molecule has 0 unspecified atom stereocenters. The highest BCUT2D eigenvalue weighted by Gasteiger charge is 2.13. The van der Waals surface area contributed by atoms with Crippen LogP contribution in [0, 0.1) is 5.82 Å². The molecule has 0 radical (unpaired) electrons. The molecule has 0 amide bonds. The summed E-state index contributed by atoms with van der Waals surface area (Å²) >= 11 is 3.43. The predicted octanol–water partition coefficient (Wildman–Crippen LogP) is 2.52. The van der Waals surface area contributed by atoms with Crippen LogP contribution in [0.5, 0.6) is 0 Å². The fourth-order valence-electron chi connectivity index (χ4n) is 1.67. The maximum absolute atomic E-state index is 13.2. The predicted molar refractivity (Wildman–Crippen MR) is 67.1 cm³/mol. The molecule has 1 aromatic heterocycles. The lowest BCUT2D eigenvalue weighted by Gasteiger charge is -1.99. The second-order valence-electron chi connectivity index (χ2n) is 3.71. The lowest BCUT2D eigenvalue weighted by molar-refractivity contribution is 0.295. The van der Waals surface area contributed by atoms with Gasteiger partial charge in [0.2, 0.25) is 0 Å². The highest BCUT2D eigenvalue weighted by molar-refractivity contribution is 9.10.